The molecule has 3 rings (SSSR count). The topological polar surface area (TPSA) is 50.7 Å². The summed E-state index contributed by atoms with van der Waals surface area (Å²) in [5.74, 6) is 1.36. The van der Waals surface area contributed by atoms with Crippen molar-refractivity contribution in [2.45, 2.75) is 0 Å². The number of pyridine rings is 1. The van der Waals surface area contributed by atoms with E-state index in [4.69, 9.17) is 0 Å². The Morgan fingerprint density at radius 1 is 0.955 bits per heavy atom. The third kappa shape index (κ3) is 3.17. The van der Waals surface area contributed by atoms with E-state index in [1.165, 1.54) is 0 Å². The van der Waals surface area contributed by atoms with Gasteiger partial charge in [0.05, 0.1) is 5.69 Å². The first-order chi connectivity index (χ1) is 10.9. The summed E-state index contributed by atoms with van der Waals surface area (Å²) in [4.78, 5) is 13.5. The first-order valence-corrected chi connectivity index (χ1v) is 7.07. The van der Waals surface area contributed by atoms with E-state index in [0.717, 1.165) is 22.8 Å². The van der Waals surface area contributed by atoms with Crippen molar-refractivity contribution in [3.63, 3.8) is 0 Å². The molecule has 0 aliphatic carbocycles. The van der Waals surface area contributed by atoms with Crippen molar-refractivity contribution in [2.75, 3.05) is 11.9 Å². The third-order valence-electron chi connectivity index (χ3n) is 3.12. The highest BCUT2D eigenvalue weighted by atomic mass is 15.0. The Hall–Kier alpha value is -3.01. The van der Waals surface area contributed by atoms with Crippen LogP contribution >= 0.6 is 0 Å². The number of anilines is 1. The van der Waals surface area contributed by atoms with E-state index in [0.29, 0.717) is 12.4 Å². The molecule has 22 heavy (non-hydrogen) atoms. The summed E-state index contributed by atoms with van der Waals surface area (Å²) in [5.41, 5.74) is 2.66. The molecule has 0 spiro atoms. The highest BCUT2D eigenvalue weighted by Crippen LogP contribution is 2.23. The van der Waals surface area contributed by atoms with Gasteiger partial charge in [-0.25, -0.2) is 9.97 Å². The average molecular weight is 288 g/mol. The number of nitrogens with one attached hydrogen (secondary N) is 1. The zero-order valence-electron chi connectivity index (χ0n) is 12.1. The summed E-state index contributed by atoms with van der Waals surface area (Å²) in [6.45, 7) is 4.36. The molecule has 0 bridgehead atoms. The average Bonchev–Trinajstić information content (AvgIpc) is 2.61. The fourth-order valence-electron chi connectivity index (χ4n) is 2.08. The summed E-state index contributed by atoms with van der Waals surface area (Å²) in [7, 11) is 0. The monoisotopic (exact) mass is 288 g/mol. The smallest absolute Gasteiger partial charge is 0.180 e. The standard InChI is InChI=1S/C18H16N4/c1-2-11-20-17-13-16(14-8-4-3-5-9-14)21-18(22-17)15-10-6-7-12-19-15/h2-10,12-13H,1,11H2,(H,20,21,22). The molecule has 1 N–H and O–H groups in total. The van der Waals surface area contributed by atoms with Crippen molar-refractivity contribution < 1.29 is 0 Å². The minimum absolute atomic E-state index is 0.605. The summed E-state index contributed by atoms with van der Waals surface area (Å²) in [6.07, 6.45) is 3.54. The van der Waals surface area contributed by atoms with Crippen LogP contribution in [0, 0.1) is 0 Å². The molecule has 1 aromatic carbocycles. The van der Waals surface area contributed by atoms with Crippen LogP contribution in [0.5, 0.6) is 0 Å². The Labute approximate surface area is 129 Å². The van der Waals surface area contributed by atoms with Crippen molar-refractivity contribution in [1.29, 1.82) is 0 Å². The molecule has 2 aromatic heterocycles. The fourth-order valence-corrected chi connectivity index (χ4v) is 2.08. The van der Waals surface area contributed by atoms with E-state index < -0.39 is 0 Å². The maximum atomic E-state index is 4.64. The highest BCUT2D eigenvalue weighted by molar-refractivity contribution is 5.66. The second kappa shape index (κ2) is 6.63. The van der Waals surface area contributed by atoms with Crippen LogP contribution in [-0.2, 0) is 0 Å². The Morgan fingerprint density at radius 3 is 2.50 bits per heavy atom. The zero-order chi connectivity index (χ0) is 15.2. The Morgan fingerprint density at radius 2 is 1.77 bits per heavy atom. The number of benzene rings is 1. The molecular weight excluding hydrogens is 272 g/mol. The molecule has 0 aliphatic heterocycles. The highest BCUT2D eigenvalue weighted by Gasteiger charge is 2.08. The lowest BCUT2D eigenvalue weighted by Gasteiger charge is -2.09. The number of nitrogens with zero attached hydrogens (tertiary/aromatic N) is 3. The van der Waals surface area contributed by atoms with Crippen molar-refractivity contribution in [1.82, 2.24) is 15.0 Å². The molecule has 0 radical (unpaired) electrons. The predicted molar refractivity (Wildman–Crippen MR) is 89.4 cm³/mol. The van der Waals surface area contributed by atoms with Crippen LogP contribution in [0.2, 0.25) is 0 Å². The Balaban J connectivity index is 2.08. The second-order valence-corrected chi connectivity index (χ2v) is 4.71. The van der Waals surface area contributed by atoms with Gasteiger partial charge >= 0.3 is 0 Å². The van der Waals surface area contributed by atoms with Crippen molar-refractivity contribution >= 4 is 5.82 Å². The van der Waals surface area contributed by atoms with E-state index in [9.17, 15) is 0 Å². The lowest BCUT2D eigenvalue weighted by atomic mass is 10.1. The number of rotatable bonds is 5. The summed E-state index contributed by atoms with van der Waals surface area (Å²) < 4.78 is 0. The zero-order valence-corrected chi connectivity index (χ0v) is 12.1. The van der Waals surface area contributed by atoms with E-state index in [1.54, 1.807) is 12.3 Å². The first kappa shape index (κ1) is 13.9. The minimum atomic E-state index is 0.605. The molecule has 0 atom stereocenters. The van der Waals surface area contributed by atoms with E-state index in [2.05, 4.69) is 26.8 Å². The summed E-state index contributed by atoms with van der Waals surface area (Å²) in [5, 5.41) is 3.22. The quantitative estimate of drug-likeness (QED) is 0.725. The molecule has 0 unspecified atom stereocenters. The second-order valence-electron chi connectivity index (χ2n) is 4.71. The van der Waals surface area contributed by atoms with Gasteiger partial charge in [0.25, 0.3) is 0 Å². The van der Waals surface area contributed by atoms with Gasteiger partial charge in [-0.2, -0.15) is 0 Å². The van der Waals surface area contributed by atoms with Gasteiger partial charge < -0.3 is 5.32 Å². The van der Waals surface area contributed by atoms with Crippen LogP contribution in [-0.4, -0.2) is 21.5 Å². The SMILES string of the molecule is C=CCNc1cc(-c2ccccc2)nc(-c2ccccn2)n1. The fraction of sp³-hybridized carbons (Fsp3) is 0.0556. The molecule has 4 nitrogen and oxygen atoms in total. The minimum Gasteiger partial charge on any atom is -0.366 e. The maximum Gasteiger partial charge on any atom is 0.180 e. The van der Waals surface area contributed by atoms with Gasteiger partial charge in [0.15, 0.2) is 5.82 Å². The number of aromatic nitrogens is 3. The summed E-state index contributed by atoms with van der Waals surface area (Å²) in [6, 6.07) is 17.7. The largest absolute Gasteiger partial charge is 0.366 e. The van der Waals surface area contributed by atoms with Crippen molar-refractivity contribution in [3.8, 4) is 22.8 Å². The lowest BCUT2D eigenvalue weighted by molar-refractivity contribution is 1.12. The maximum absolute atomic E-state index is 4.64. The lowest BCUT2D eigenvalue weighted by Crippen LogP contribution is -2.03. The molecular formula is C18H16N4. The molecule has 0 fully saturated rings. The molecule has 0 aliphatic rings. The Bertz CT molecular complexity index is 697. The molecule has 108 valence electrons. The van der Waals surface area contributed by atoms with Gasteiger partial charge in [-0.15, -0.1) is 6.58 Å². The molecule has 3 aromatic rings. The van der Waals surface area contributed by atoms with Crippen LogP contribution < -0.4 is 5.32 Å². The molecule has 2 heterocycles. The third-order valence-corrected chi connectivity index (χ3v) is 3.12. The van der Waals surface area contributed by atoms with E-state index in [-0.39, 0.29) is 0 Å². The number of hydrogen-bond donors (Lipinski definition) is 1. The van der Waals surface area contributed by atoms with Crippen molar-refractivity contribution in [3.05, 3.63) is 73.4 Å². The van der Waals surface area contributed by atoms with E-state index >= 15 is 0 Å². The van der Waals surface area contributed by atoms with Gasteiger partial charge in [-0.05, 0) is 12.1 Å². The summed E-state index contributed by atoms with van der Waals surface area (Å²) >= 11 is 0. The predicted octanol–water partition coefficient (Wildman–Crippen LogP) is 3.80. The molecule has 0 amide bonds. The van der Waals surface area contributed by atoms with Gasteiger partial charge in [0.2, 0.25) is 0 Å². The van der Waals surface area contributed by atoms with E-state index in [1.807, 2.05) is 54.6 Å². The van der Waals surface area contributed by atoms with Gasteiger partial charge in [0, 0.05) is 24.4 Å². The van der Waals surface area contributed by atoms with Crippen LogP contribution in [0.25, 0.3) is 22.8 Å². The van der Waals surface area contributed by atoms with Crippen molar-refractivity contribution in [2.24, 2.45) is 0 Å². The normalized spacial score (nSPS) is 10.2. The van der Waals surface area contributed by atoms with Crippen LogP contribution in [0.1, 0.15) is 0 Å². The molecule has 0 saturated heterocycles. The van der Waals surface area contributed by atoms with Gasteiger partial charge in [-0.3, -0.25) is 4.98 Å². The number of hydrogen-bond acceptors (Lipinski definition) is 4. The van der Waals surface area contributed by atoms with Gasteiger partial charge in [-0.1, -0.05) is 42.5 Å². The molecule has 4 heteroatoms. The Kier molecular flexibility index (Phi) is 4.20. The van der Waals surface area contributed by atoms with Gasteiger partial charge in [0.1, 0.15) is 11.5 Å². The first-order valence-electron chi connectivity index (χ1n) is 7.07. The van der Waals surface area contributed by atoms with Crippen LogP contribution in [0.15, 0.2) is 73.4 Å². The molecule has 0 saturated carbocycles. The van der Waals surface area contributed by atoms with Crippen LogP contribution in [0.4, 0.5) is 5.82 Å². The van der Waals surface area contributed by atoms with Crippen LogP contribution in [0.3, 0.4) is 0 Å².